The molecule has 2 aromatic heterocycles. The average Bonchev–Trinajstić information content (AvgIpc) is 3.10. The Kier molecular flexibility index (Phi) is 4.42. The van der Waals surface area contributed by atoms with E-state index >= 15 is 0 Å². The van der Waals surface area contributed by atoms with Crippen molar-refractivity contribution in [3.8, 4) is 0 Å². The molecule has 0 atom stereocenters. The van der Waals surface area contributed by atoms with Gasteiger partial charge >= 0.3 is 0 Å². The summed E-state index contributed by atoms with van der Waals surface area (Å²) in [4.78, 5) is 19.6. The maximum absolute atomic E-state index is 12.1. The monoisotopic (exact) mass is 356 g/mol. The normalized spacial score (nSPS) is 15.6. The van der Waals surface area contributed by atoms with Crippen molar-refractivity contribution >= 4 is 27.7 Å². The van der Waals surface area contributed by atoms with Crippen molar-refractivity contribution in [2.75, 3.05) is 23.3 Å². The van der Waals surface area contributed by atoms with Crippen LogP contribution in [0, 0.1) is 0 Å². The van der Waals surface area contributed by atoms with E-state index in [1.165, 1.54) is 11.3 Å². The first-order valence-corrected chi connectivity index (χ1v) is 9.30. The fourth-order valence-corrected chi connectivity index (χ4v) is 3.91. The van der Waals surface area contributed by atoms with E-state index in [0.717, 1.165) is 43.0 Å². The van der Waals surface area contributed by atoms with E-state index in [1.54, 1.807) is 16.7 Å². The first-order chi connectivity index (χ1) is 12.2. The lowest BCUT2D eigenvalue weighted by atomic mass is 10.1. The van der Waals surface area contributed by atoms with Crippen molar-refractivity contribution in [1.29, 1.82) is 0 Å². The highest BCUT2D eigenvalue weighted by molar-refractivity contribution is 7.15. The van der Waals surface area contributed by atoms with Crippen LogP contribution in [-0.2, 0) is 6.54 Å². The van der Waals surface area contributed by atoms with Gasteiger partial charge in [-0.2, -0.15) is 0 Å². The number of hydrogen-bond donors (Lipinski definition) is 2. The second kappa shape index (κ2) is 6.85. The summed E-state index contributed by atoms with van der Waals surface area (Å²) in [6.07, 6.45) is 3.14. The van der Waals surface area contributed by atoms with Crippen LogP contribution in [0.5, 0.6) is 0 Å². The van der Waals surface area contributed by atoms with Gasteiger partial charge in [-0.1, -0.05) is 12.1 Å². The molecular formula is C18H20N4O2S. The summed E-state index contributed by atoms with van der Waals surface area (Å²) in [5.74, 6) is 0. The zero-order valence-electron chi connectivity index (χ0n) is 13.8. The van der Waals surface area contributed by atoms with Gasteiger partial charge in [0, 0.05) is 30.7 Å². The van der Waals surface area contributed by atoms with Crippen LogP contribution in [0.3, 0.4) is 0 Å². The Balaban J connectivity index is 1.53. The molecule has 130 valence electrons. The predicted octanol–water partition coefficient (Wildman–Crippen LogP) is 2.33. The molecule has 0 aliphatic carbocycles. The van der Waals surface area contributed by atoms with Crippen LogP contribution in [0.1, 0.15) is 18.5 Å². The molecule has 1 aromatic carbocycles. The van der Waals surface area contributed by atoms with Gasteiger partial charge < -0.3 is 15.3 Å². The number of piperidine rings is 1. The van der Waals surface area contributed by atoms with Crippen molar-refractivity contribution < 1.29 is 5.11 Å². The fourth-order valence-electron chi connectivity index (χ4n) is 3.17. The van der Waals surface area contributed by atoms with Gasteiger partial charge in [0.25, 0.3) is 5.56 Å². The first kappa shape index (κ1) is 16.1. The standard InChI is InChI=1S/C18H20N4O2S/c23-14-5-7-21(8-6-14)16-4-2-1-3-15(16)19-12-13-11-17(24)22-9-10-25-18(22)20-13/h1-4,9-11,14,19,23H,5-8,12H2. The number of aliphatic hydroxyl groups excluding tert-OH is 1. The molecule has 3 aromatic rings. The van der Waals surface area contributed by atoms with E-state index in [0.29, 0.717) is 11.5 Å². The van der Waals surface area contributed by atoms with Gasteiger partial charge in [-0.25, -0.2) is 4.98 Å². The summed E-state index contributed by atoms with van der Waals surface area (Å²) in [5.41, 5.74) is 2.83. The van der Waals surface area contributed by atoms with E-state index in [1.807, 2.05) is 23.6 Å². The van der Waals surface area contributed by atoms with Crippen LogP contribution in [0.4, 0.5) is 11.4 Å². The molecule has 0 radical (unpaired) electrons. The van der Waals surface area contributed by atoms with Gasteiger partial charge in [0.1, 0.15) is 0 Å². The van der Waals surface area contributed by atoms with Crippen molar-refractivity contribution in [2.24, 2.45) is 0 Å². The molecule has 1 saturated heterocycles. The van der Waals surface area contributed by atoms with E-state index in [9.17, 15) is 9.90 Å². The zero-order chi connectivity index (χ0) is 17.2. The van der Waals surface area contributed by atoms with E-state index < -0.39 is 0 Å². The Morgan fingerprint density at radius 3 is 2.92 bits per heavy atom. The Morgan fingerprint density at radius 1 is 1.28 bits per heavy atom. The summed E-state index contributed by atoms with van der Waals surface area (Å²) < 4.78 is 1.56. The van der Waals surface area contributed by atoms with E-state index in [-0.39, 0.29) is 11.7 Å². The highest BCUT2D eigenvalue weighted by atomic mass is 32.1. The Morgan fingerprint density at radius 2 is 2.08 bits per heavy atom. The molecule has 1 aliphatic heterocycles. The van der Waals surface area contributed by atoms with Crippen molar-refractivity contribution in [2.45, 2.75) is 25.5 Å². The summed E-state index contributed by atoms with van der Waals surface area (Å²) in [6.45, 7) is 2.19. The number of nitrogens with one attached hydrogen (secondary N) is 1. The Labute approximate surface area is 149 Å². The molecule has 1 fully saturated rings. The lowest BCUT2D eigenvalue weighted by Crippen LogP contribution is -2.36. The predicted molar refractivity (Wildman–Crippen MR) is 101 cm³/mol. The Hall–Kier alpha value is -2.38. The number of benzene rings is 1. The summed E-state index contributed by atoms with van der Waals surface area (Å²) in [7, 11) is 0. The highest BCUT2D eigenvalue weighted by Gasteiger charge is 2.19. The van der Waals surface area contributed by atoms with Gasteiger partial charge in [-0.3, -0.25) is 9.20 Å². The topological polar surface area (TPSA) is 69.9 Å². The first-order valence-electron chi connectivity index (χ1n) is 8.42. The molecular weight excluding hydrogens is 336 g/mol. The average molecular weight is 356 g/mol. The minimum atomic E-state index is -0.189. The molecule has 3 heterocycles. The van der Waals surface area contributed by atoms with Crippen molar-refractivity contribution in [3.63, 3.8) is 0 Å². The number of fused-ring (bicyclic) bond motifs is 1. The molecule has 0 spiro atoms. The van der Waals surface area contributed by atoms with Gasteiger partial charge in [-0.05, 0) is 25.0 Å². The van der Waals surface area contributed by atoms with E-state index in [4.69, 9.17) is 0 Å². The van der Waals surface area contributed by atoms with Crippen LogP contribution >= 0.6 is 11.3 Å². The molecule has 0 bridgehead atoms. The van der Waals surface area contributed by atoms with Gasteiger partial charge in [-0.15, -0.1) is 11.3 Å². The molecule has 1 aliphatic rings. The molecule has 0 saturated carbocycles. The number of aromatic nitrogens is 2. The zero-order valence-corrected chi connectivity index (χ0v) is 14.6. The van der Waals surface area contributed by atoms with Crippen LogP contribution in [0.25, 0.3) is 4.96 Å². The quantitative estimate of drug-likeness (QED) is 0.751. The number of hydrogen-bond acceptors (Lipinski definition) is 6. The second-order valence-corrected chi connectivity index (χ2v) is 7.10. The third kappa shape index (κ3) is 3.38. The maximum Gasteiger partial charge on any atom is 0.258 e. The van der Waals surface area contributed by atoms with Gasteiger partial charge in [0.15, 0.2) is 4.96 Å². The van der Waals surface area contributed by atoms with Gasteiger partial charge in [0.2, 0.25) is 0 Å². The number of para-hydroxylation sites is 2. The van der Waals surface area contributed by atoms with Crippen LogP contribution in [0.15, 0.2) is 46.7 Å². The molecule has 0 amide bonds. The molecule has 2 N–H and O–H groups in total. The highest BCUT2D eigenvalue weighted by Crippen LogP contribution is 2.28. The third-order valence-corrected chi connectivity index (χ3v) is 5.28. The minimum absolute atomic E-state index is 0.0543. The van der Waals surface area contributed by atoms with Gasteiger partial charge in [0.05, 0.1) is 29.7 Å². The van der Waals surface area contributed by atoms with Crippen molar-refractivity contribution in [3.05, 3.63) is 58.0 Å². The number of thiazole rings is 1. The maximum atomic E-state index is 12.1. The summed E-state index contributed by atoms with van der Waals surface area (Å²) in [6, 6.07) is 9.72. The smallest absolute Gasteiger partial charge is 0.258 e. The molecule has 25 heavy (non-hydrogen) atoms. The molecule has 7 heteroatoms. The second-order valence-electron chi connectivity index (χ2n) is 6.23. The number of aliphatic hydroxyl groups is 1. The minimum Gasteiger partial charge on any atom is -0.393 e. The fraction of sp³-hybridized carbons (Fsp3) is 0.333. The molecule has 0 unspecified atom stereocenters. The largest absolute Gasteiger partial charge is 0.393 e. The Bertz CT molecular complexity index is 928. The third-order valence-electron chi connectivity index (χ3n) is 4.53. The summed E-state index contributed by atoms with van der Waals surface area (Å²) in [5, 5.41) is 15.0. The van der Waals surface area contributed by atoms with Crippen molar-refractivity contribution in [1.82, 2.24) is 9.38 Å². The molecule has 6 nitrogen and oxygen atoms in total. The molecule has 4 rings (SSSR count). The summed E-state index contributed by atoms with van der Waals surface area (Å²) >= 11 is 1.46. The van der Waals surface area contributed by atoms with Crippen LogP contribution in [-0.4, -0.2) is 33.7 Å². The lowest BCUT2D eigenvalue weighted by molar-refractivity contribution is 0.145. The number of anilines is 2. The van der Waals surface area contributed by atoms with E-state index in [2.05, 4.69) is 21.3 Å². The SMILES string of the molecule is O=c1cc(CNc2ccccc2N2CCC(O)CC2)nc2sccn12. The lowest BCUT2D eigenvalue weighted by Gasteiger charge is -2.33. The van der Waals surface area contributed by atoms with Crippen LogP contribution in [0.2, 0.25) is 0 Å². The van der Waals surface area contributed by atoms with Crippen LogP contribution < -0.4 is 15.8 Å². The number of nitrogens with zero attached hydrogens (tertiary/aromatic N) is 3. The number of rotatable bonds is 4.